The smallest absolute Gasteiger partial charge is 0.263 e. The van der Waals surface area contributed by atoms with E-state index < -0.39 is 6.43 Å². The molecule has 0 aromatic heterocycles. The fraction of sp³-hybridized carbons (Fsp3) is 0.400. The highest BCUT2D eigenvalue weighted by atomic mass is 35.5. The number of aliphatic hydroxyl groups excluding tert-OH is 1. The zero-order valence-electron chi connectivity index (χ0n) is 7.51. The second-order valence-corrected chi connectivity index (χ2v) is 3.39. The van der Waals surface area contributed by atoms with E-state index in [1.807, 2.05) is 0 Å². The van der Waals surface area contributed by atoms with Gasteiger partial charge in [-0.25, -0.2) is 8.78 Å². The van der Waals surface area contributed by atoms with Crippen molar-refractivity contribution in [1.82, 2.24) is 0 Å². The van der Waals surface area contributed by atoms with E-state index in [1.165, 1.54) is 12.1 Å². The maximum atomic E-state index is 12.2. The van der Waals surface area contributed by atoms with Gasteiger partial charge in [0.25, 0.3) is 6.43 Å². The minimum atomic E-state index is -2.49. The van der Waals surface area contributed by atoms with Gasteiger partial charge in [0.1, 0.15) is 0 Å². The largest absolute Gasteiger partial charge is 0.396 e. The Bertz CT molecular complexity index is 302. The van der Waals surface area contributed by atoms with Gasteiger partial charge in [-0.1, -0.05) is 23.7 Å². The molecule has 14 heavy (non-hydrogen) atoms. The highest BCUT2D eigenvalue weighted by molar-refractivity contribution is 6.31. The lowest BCUT2D eigenvalue weighted by Crippen LogP contribution is -1.92. The number of aliphatic hydroxyl groups is 1. The van der Waals surface area contributed by atoms with Crippen LogP contribution in [0.5, 0.6) is 0 Å². The highest BCUT2D eigenvalue weighted by Crippen LogP contribution is 2.25. The minimum Gasteiger partial charge on any atom is -0.396 e. The van der Waals surface area contributed by atoms with Gasteiger partial charge in [-0.05, 0) is 24.5 Å². The van der Waals surface area contributed by atoms with E-state index in [1.54, 1.807) is 6.07 Å². The molecule has 0 spiro atoms. The first-order valence-corrected chi connectivity index (χ1v) is 4.70. The van der Waals surface area contributed by atoms with E-state index >= 15 is 0 Å². The van der Waals surface area contributed by atoms with E-state index in [0.29, 0.717) is 17.9 Å². The molecule has 0 unspecified atom stereocenters. The van der Waals surface area contributed by atoms with Crippen molar-refractivity contribution in [2.45, 2.75) is 19.3 Å². The Balaban J connectivity index is 2.79. The van der Waals surface area contributed by atoms with Crippen LogP contribution in [0.15, 0.2) is 18.2 Å². The van der Waals surface area contributed by atoms with Crippen LogP contribution in [-0.2, 0) is 6.42 Å². The van der Waals surface area contributed by atoms with Crippen LogP contribution < -0.4 is 0 Å². The first-order valence-electron chi connectivity index (χ1n) is 4.32. The number of hydrogen-bond donors (Lipinski definition) is 1. The molecule has 78 valence electrons. The van der Waals surface area contributed by atoms with E-state index in [4.69, 9.17) is 16.7 Å². The van der Waals surface area contributed by atoms with Crippen LogP contribution in [-0.4, -0.2) is 11.7 Å². The highest BCUT2D eigenvalue weighted by Gasteiger charge is 2.09. The van der Waals surface area contributed by atoms with Crippen molar-refractivity contribution in [3.05, 3.63) is 34.3 Å². The van der Waals surface area contributed by atoms with E-state index in [0.717, 1.165) is 5.56 Å². The van der Waals surface area contributed by atoms with Crippen molar-refractivity contribution in [3.63, 3.8) is 0 Å². The molecule has 1 rings (SSSR count). The molecular formula is C10H11ClF2O. The zero-order chi connectivity index (χ0) is 10.6. The molecule has 1 nitrogen and oxygen atoms in total. The van der Waals surface area contributed by atoms with Gasteiger partial charge in [0, 0.05) is 17.2 Å². The topological polar surface area (TPSA) is 20.2 Å². The SMILES string of the molecule is OCCCc1ccc(C(F)F)cc1Cl. The number of hydrogen-bond acceptors (Lipinski definition) is 1. The molecule has 0 amide bonds. The Hall–Kier alpha value is -0.670. The lowest BCUT2D eigenvalue weighted by Gasteiger charge is -2.05. The second-order valence-electron chi connectivity index (χ2n) is 2.98. The predicted molar refractivity (Wildman–Crippen MR) is 51.8 cm³/mol. The molecule has 1 aromatic carbocycles. The molecule has 0 heterocycles. The van der Waals surface area contributed by atoms with Crippen molar-refractivity contribution < 1.29 is 13.9 Å². The number of benzene rings is 1. The summed E-state index contributed by atoms with van der Waals surface area (Å²) >= 11 is 5.79. The summed E-state index contributed by atoms with van der Waals surface area (Å²) in [7, 11) is 0. The van der Waals surface area contributed by atoms with Gasteiger partial charge in [-0.2, -0.15) is 0 Å². The third-order valence-corrected chi connectivity index (χ3v) is 2.29. The molecule has 1 aromatic rings. The second kappa shape index (κ2) is 5.27. The maximum Gasteiger partial charge on any atom is 0.263 e. The normalized spacial score (nSPS) is 10.9. The molecule has 0 atom stereocenters. The van der Waals surface area contributed by atoms with Crippen LogP contribution in [0, 0.1) is 0 Å². The van der Waals surface area contributed by atoms with Crippen molar-refractivity contribution in [2.24, 2.45) is 0 Å². The zero-order valence-corrected chi connectivity index (χ0v) is 8.27. The van der Waals surface area contributed by atoms with Crippen molar-refractivity contribution in [3.8, 4) is 0 Å². The average molecular weight is 221 g/mol. The third kappa shape index (κ3) is 2.93. The number of aryl methyl sites for hydroxylation is 1. The van der Waals surface area contributed by atoms with Crippen LogP contribution in [0.25, 0.3) is 0 Å². The van der Waals surface area contributed by atoms with Gasteiger partial charge < -0.3 is 5.11 Å². The number of halogens is 3. The average Bonchev–Trinajstić information content (AvgIpc) is 2.15. The molecule has 1 N–H and O–H groups in total. The van der Waals surface area contributed by atoms with Gasteiger partial charge in [0.2, 0.25) is 0 Å². The molecule has 0 saturated carbocycles. The van der Waals surface area contributed by atoms with Gasteiger partial charge in [-0.15, -0.1) is 0 Å². The quantitative estimate of drug-likeness (QED) is 0.826. The standard InChI is InChI=1S/C10H11ClF2O/c11-9-6-8(10(12)13)4-3-7(9)2-1-5-14/h3-4,6,10,14H,1-2,5H2. The van der Waals surface area contributed by atoms with Crippen molar-refractivity contribution >= 4 is 11.6 Å². The molecule has 0 aliphatic carbocycles. The summed E-state index contributed by atoms with van der Waals surface area (Å²) in [4.78, 5) is 0. The van der Waals surface area contributed by atoms with Crippen LogP contribution in [0.4, 0.5) is 8.78 Å². The summed E-state index contributed by atoms with van der Waals surface area (Å²) in [5.74, 6) is 0. The molecular weight excluding hydrogens is 210 g/mol. The van der Waals surface area contributed by atoms with Crippen molar-refractivity contribution in [2.75, 3.05) is 6.61 Å². The van der Waals surface area contributed by atoms with Crippen LogP contribution in [0.1, 0.15) is 24.0 Å². The van der Waals surface area contributed by atoms with Gasteiger partial charge in [-0.3, -0.25) is 0 Å². The molecule has 0 aliphatic heterocycles. The van der Waals surface area contributed by atoms with Crippen molar-refractivity contribution in [1.29, 1.82) is 0 Å². The fourth-order valence-electron chi connectivity index (χ4n) is 1.17. The third-order valence-electron chi connectivity index (χ3n) is 1.93. The van der Waals surface area contributed by atoms with E-state index in [9.17, 15) is 8.78 Å². The summed E-state index contributed by atoms with van der Waals surface area (Å²) in [6, 6.07) is 4.22. The lowest BCUT2D eigenvalue weighted by atomic mass is 10.1. The Kier molecular flexibility index (Phi) is 4.29. The predicted octanol–water partition coefficient (Wildman–Crippen LogP) is 3.20. The Morgan fingerprint density at radius 2 is 2.07 bits per heavy atom. The Labute approximate surface area is 86.3 Å². The van der Waals surface area contributed by atoms with Gasteiger partial charge in [0.15, 0.2) is 0 Å². The summed E-state index contributed by atoms with van der Waals surface area (Å²) < 4.78 is 24.5. The van der Waals surface area contributed by atoms with E-state index in [2.05, 4.69) is 0 Å². The Morgan fingerprint density at radius 1 is 1.36 bits per heavy atom. The van der Waals surface area contributed by atoms with E-state index in [-0.39, 0.29) is 12.2 Å². The molecule has 0 saturated heterocycles. The van der Waals surface area contributed by atoms with Crippen LogP contribution in [0.2, 0.25) is 5.02 Å². The van der Waals surface area contributed by atoms with Crippen LogP contribution >= 0.6 is 11.6 Å². The first kappa shape index (κ1) is 11.4. The van der Waals surface area contributed by atoms with Gasteiger partial charge in [0.05, 0.1) is 0 Å². The summed E-state index contributed by atoms with van der Waals surface area (Å²) in [6.45, 7) is 0.0763. The maximum absolute atomic E-state index is 12.2. The summed E-state index contributed by atoms with van der Waals surface area (Å²) in [5, 5.41) is 8.94. The molecule has 0 fully saturated rings. The minimum absolute atomic E-state index is 0.0669. The fourth-order valence-corrected chi connectivity index (χ4v) is 1.46. The number of alkyl halides is 2. The summed E-state index contributed by atoms with van der Waals surface area (Å²) in [6.07, 6.45) is -1.29. The molecule has 4 heteroatoms. The number of rotatable bonds is 4. The molecule has 0 aliphatic rings. The Morgan fingerprint density at radius 3 is 2.57 bits per heavy atom. The monoisotopic (exact) mass is 220 g/mol. The molecule has 0 radical (unpaired) electrons. The molecule has 0 bridgehead atoms. The first-order chi connectivity index (χ1) is 6.65. The van der Waals surface area contributed by atoms with Crippen LogP contribution in [0.3, 0.4) is 0 Å². The summed E-state index contributed by atoms with van der Waals surface area (Å²) in [5.41, 5.74) is 0.730. The van der Waals surface area contributed by atoms with Gasteiger partial charge >= 0.3 is 0 Å². The lowest BCUT2D eigenvalue weighted by molar-refractivity contribution is 0.151.